The Morgan fingerprint density at radius 1 is 1.04 bits per heavy atom. The summed E-state index contributed by atoms with van der Waals surface area (Å²) in [5.74, 6) is 1.37. The van der Waals surface area contributed by atoms with Crippen LogP contribution in [0.1, 0.15) is 20.8 Å². The fourth-order valence-electron chi connectivity index (χ4n) is 1.84. The second-order valence-electron chi connectivity index (χ2n) is 5.11. The maximum Gasteiger partial charge on any atom is 0.263 e. The van der Waals surface area contributed by atoms with E-state index in [0.717, 1.165) is 0 Å². The number of ether oxygens (including phenoxy) is 1. The molecule has 0 saturated carbocycles. The Bertz CT molecular complexity index is 728. The van der Waals surface area contributed by atoms with Gasteiger partial charge in [-0.05, 0) is 57.2 Å². The van der Waals surface area contributed by atoms with Crippen LogP contribution in [-0.4, -0.2) is 31.3 Å². The average Bonchev–Trinajstić information content (AvgIpc) is 2.49. The van der Waals surface area contributed by atoms with Gasteiger partial charge < -0.3 is 10.1 Å². The number of hydrogen-bond donors (Lipinski definition) is 2. The Balaban J connectivity index is 2.11. The zero-order valence-corrected chi connectivity index (χ0v) is 14.1. The summed E-state index contributed by atoms with van der Waals surface area (Å²) in [4.78, 5) is 0.132. The standard InChI is InChI=1S/C15H20N4O3S/c1-4-22-12-5-7-13(8-6-12)23(20,21)19-15-10-9-14(17-18-15)16-11(2)3/h5-11H,4H2,1-3H3,(H,16,17)(H,18,19). The van der Waals surface area contributed by atoms with Crippen LogP contribution < -0.4 is 14.8 Å². The fraction of sp³-hybridized carbons (Fsp3) is 0.333. The van der Waals surface area contributed by atoms with Crippen LogP contribution in [0, 0.1) is 0 Å². The van der Waals surface area contributed by atoms with Crippen LogP contribution in [0.2, 0.25) is 0 Å². The lowest BCUT2D eigenvalue weighted by atomic mass is 10.3. The van der Waals surface area contributed by atoms with Crippen molar-refractivity contribution < 1.29 is 13.2 Å². The first kappa shape index (κ1) is 17.0. The quantitative estimate of drug-likeness (QED) is 0.807. The topological polar surface area (TPSA) is 93.2 Å². The summed E-state index contributed by atoms with van der Waals surface area (Å²) in [6, 6.07) is 9.63. The molecule has 1 aromatic carbocycles. The second-order valence-corrected chi connectivity index (χ2v) is 6.80. The number of sulfonamides is 1. The van der Waals surface area contributed by atoms with Gasteiger partial charge in [0.15, 0.2) is 5.82 Å². The number of nitrogens with one attached hydrogen (secondary N) is 2. The van der Waals surface area contributed by atoms with E-state index in [9.17, 15) is 8.42 Å². The molecule has 0 fully saturated rings. The molecule has 0 aliphatic carbocycles. The lowest BCUT2D eigenvalue weighted by Gasteiger charge is -2.10. The third-order valence-electron chi connectivity index (χ3n) is 2.79. The highest BCUT2D eigenvalue weighted by atomic mass is 32.2. The van der Waals surface area contributed by atoms with Crippen LogP contribution in [0.3, 0.4) is 0 Å². The summed E-state index contributed by atoms with van der Waals surface area (Å²) in [5.41, 5.74) is 0. The van der Waals surface area contributed by atoms with E-state index in [1.165, 1.54) is 12.1 Å². The molecular weight excluding hydrogens is 316 g/mol. The smallest absolute Gasteiger partial charge is 0.263 e. The van der Waals surface area contributed by atoms with Crippen LogP contribution in [0.25, 0.3) is 0 Å². The molecule has 2 rings (SSSR count). The molecule has 124 valence electrons. The minimum absolute atomic E-state index is 0.132. The van der Waals surface area contributed by atoms with E-state index in [2.05, 4.69) is 20.2 Å². The van der Waals surface area contributed by atoms with Gasteiger partial charge in [0.2, 0.25) is 0 Å². The van der Waals surface area contributed by atoms with Gasteiger partial charge in [0, 0.05) is 6.04 Å². The predicted molar refractivity (Wildman–Crippen MR) is 89.2 cm³/mol. The van der Waals surface area contributed by atoms with Gasteiger partial charge in [0.1, 0.15) is 11.6 Å². The van der Waals surface area contributed by atoms with E-state index in [1.54, 1.807) is 24.3 Å². The highest BCUT2D eigenvalue weighted by Crippen LogP contribution is 2.18. The minimum Gasteiger partial charge on any atom is -0.494 e. The summed E-state index contributed by atoms with van der Waals surface area (Å²) >= 11 is 0. The number of aromatic nitrogens is 2. The van der Waals surface area contributed by atoms with Crippen LogP contribution in [0.15, 0.2) is 41.3 Å². The van der Waals surface area contributed by atoms with Crippen LogP contribution in [0.4, 0.5) is 11.6 Å². The van der Waals surface area contributed by atoms with E-state index in [0.29, 0.717) is 18.2 Å². The molecule has 2 N–H and O–H groups in total. The third-order valence-corrected chi connectivity index (χ3v) is 4.16. The molecule has 8 heteroatoms. The molecule has 0 radical (unpaired) electrons. The zero-order valence-electron chi connectivity index (χ0n) is 13.3. The first-order valence-electron chi connectivity index (χ1n) is 7.26. The summed E-state index contributed by atoms with van der Waals surface area (Å²) in [6.45, 7) is 6.34. The van der Waals surface area contributed by atoms with Crippen molar-refractivity contribution in [2.75, 3.05) is 16.6 Å². The molecule has 1 aromatic heterocycles. The van der Waals surface area contributed by atoms with Gasteiger partial charge in [-0.2, -0.15) is 0 Å². The monoisotopic (exact) mass is 336 g/mol. The Kier molecular flexibility index (Phi) is 5.38. The minimum atomic E-state index is -3.71. The summed E-state index contributed by atoms with van der Waals surface area (Å²) in [7, 11) is -3.71. The molecule has 0 spiro atoms. The van der Waals surface area contributed by atoms with E-state index in [-0.39, 0.29) is 16.8 Å². The van der Waals surface area contributed by atoms with Gasteiger partial charge in [-0.25, -0.2) is 8.42 Å². The number of hydrogen-bond acceptors (Lipinski definition) is 6. The summed E-state index contributed by atoms with van der Waals surface area (Å²) in [5, 5.41) is 10.9. The Morgan fingerprint density at radius 3 is 2.17 bits per heavy atom. The van der Waals surface area contributed by atoms with E-state index >= 15 is 0 Å². The molecule has 0 atom stereocenters. The molecule has 0 aliphatic heterocycles. The maximum absolute atomic E-state index is 12.3. The molecule has 0 saturated heterocycles. The lowest BCUT2D eigenvalue weighted by Crippen LogP contribution is -2.15. The summed E-state index contributed by atoms with van der Waals surface area (Å²) < 4.78 is 32.3. The molecule has 1 heterocycles. The Morgan fingerprint density at radius 2 is 1.65 bits per heavy atom. The Hall–Kier alpha value is -2.35. The largest absolute Gasteiger partial charge is 0.494 e. The van der Waals surface area contributed by atoms with Crippen LogP contribution in [-0.2, 0) is 10.0 Å². The van der Waals surface area contributed by atoms with Gasteiger partial charge in [-0.1, -0.05) is 0 Å². The van der Waals surface area contributed by atoms with Crippen molar-refractivity contribution in [3.05, 3.63) is 36.4 Å². The number of nitrogens with zero attached hydrogens (tertiary/aromatic N) is 2. The molecule has 0 amide bonds. The van der Waals surface area contributed by atoms with Crippen molar-refractivity contribution in [1.82, 2.24) is 10.2 Å². The van der Waals surface area contributed by atoms with Crippen LogP contribution >= 0.6 is 0 Å². The van der Waals surface area contributed by atoms with Gasteiger partial charge in [-0.15, -0.1) is 10.2 Å². The molecular formula is C15H20N4O3S. The SMILES string of the molecule is CCOc1ccc(S(=O)(=O)Nc2ccc(NC(C)C)nn2)cc1. The molecule has 0 aliphatic rings. The van der Waals surface area contributed by atoms with E-state index < -0.39 is 10.0 Å². The van der Waals surface area contributed by atoms with Crippen molar-refractivity contribution in [1.29, 1.82) is 0 Å². The number of rotatable bonds is 7. The highest BCUT2D eigenvalue weighted by molar-refractivity contribution is 7.92. The Labute approximate surface area is 136 Å². The first-order chi connectivity index (χ1) is 10.9. The average molecular weight is 336 g/mol. The number of anilines is 2. The predicted octanol–water partition coefficient (Wildman–Crippen LogP) is 2.50. The van der Waals surface area contributed by atoms with Crippen molar-refractivity contribution in [2.24, 2.45) is 0 Å². The zero-order chi connectivity index (χ0) is 16.9. The fourth-order valence-corrected chi connectivity index (χ4v) is 2.83. The first-order valence-corrected chi connectivity index (χ1v) is 8.75. The lowest BCUT2D eigenvalue weighted by molar-refractivity contribution is 0.340. The van der Waals surface area contributed by atoms with Gasteiger partial charge in [0.25, 0.3) is 10.0 Å². The van der Waals surface area contributed by atoms with Crippen molar-refractivity contribution in [3.8, 4) is 5.75 Å². The highest BCUT2D eigenvalue weighted by Gasteiger charge is 2.15. The van der Waals surface area contributed by atoms with E-state index in [1.807, 2.05) is 20.8 Å². The van der Waals surface area contributed by atoms with Crippen LogP contribution in [0.5, 0.6) is 5.75 Å². The molecule has 23 heavy (non-hydrogen) atoms. The molecule has 7 nitrogen and oxygen atoms in total. The third kappa shape index (κ3) is 4.82. The van der Waals surface area contributed by atoms with Gasteiger partial charge >= 0.3 is 0 Å². The normalized spacial score (nSPS) is 11.3. The molecule has 0 unspecified atom stereocenters. The van der Waals surface area contributed by atoms with Crippen molar-refractivity contribution in [3.63, 3.8) is 0 Å². The van der Waals surface area contributed by atoms with Crippen molar-refractivity contribution >= 4 is 21.7 Å². The summed E-state index contributed by atoms with van der Waals surface area (Å²) in [6.07, 6.45) is 0. The van der Waals surface area contributed by atoms with Gasteiger partial charge in [-0.3, -0.25) is 4.72 Å². The number of benzene rings is 1. The van der Waals surface area contributed by atoms with Crippen molar-refractivity contribution in [2.45, 2.75) is 31.7 Å². The van der Waals surface area contributed by atoms with Gasteiger partial charge in [0.05, 0.1) is 11.5 Å². The molecule has 2 aromatic rings. The maximum atomic E-state index is 12.3. The second kappa shape index (κ2) is 7.28. The molecule has 0 bridgehead atoms. The van der Waals surface area contributed by atoms with E-state index in [4.69, 9.17) is 4.74 Å².